The first kappa shape index (κ1) is 9.00. The minimum Gasteiger partial charge on any atom is -0.480 e. The van der Waals surface area contributed by atoms with Crippen LogP contribution in [0.4, 0.5) is 0 Å². The molecule has 0 saturated carbocycles. The van der Waals surface area contributed by atoms with Crippen LogP contribution in [0, 0.1) is 0 Å². The lowest BCUT2D eigenvalue weighted by molar-refractivity contribution is -0.141. The number of rotatable bonds is 1. The Labute approximate surface area is 82.9 Å². The van der Waals surface area contributed by atoms with Gasteiger partial charge in [-0.3, -0.25) is 4.79 Å². The Morgan fingerprint density at radius 1 is 1.36 bits per heavy atom. The summed E-state index contributed by atoms with van der Waals surface area (Å²) in [6, 6.07) is 7.67. The minimum atomic E-state index is -0.847. The van der Waals surface area contributed by atoms with E-state index in [1.165, 1.54) is 0 Å². The summed E-state index contributed by atoms with van der Waals surface area (Å²) in [6.07, 6.45) is 1.82. The molecule has 1 N–H and O–H groups in total. The maximum Gasteiger partial charge on any atom is 0.317 e. The first-order chi connectivity index (χ1) is 6.55. The number of aliphatic carboxylic acids is 1. The van der Waals surface area contributed by atoms with Crippen LogP contribution in [0.1, 0.15) is 25.0 Å². The molecule has 2 rings (SSSR count). The van der Waals surface area contributed by atoms with Crippen molar-refractivity contribution in [3.8, 4) is 0 Å². The third-order valence-electron chi connectivity index (χ3n) is 2.86. The molecule has 0 aliphatic heterocycles. The lowest BCUT2D eigenvalue weighted by Crippen LogP contribution is -2.28. The molecule has 0 amide bonds. The number of carboxylic acids is 1. The van der Waals surface area contributed by atoms with Crippen molar-refractivity contribution in [3.05, 3.63) is 41.5 Å². The van der Waals surface area contributed by atoms with Gasteiger partial charge in [-0.2, -0.15) is 0 Å². The normalized spacial score (nSPS) is 24.3. The van der Waals surface area contributed by atoms with E-state index >= 15 is 0 Å². The van der Waals surface area contributed by atoms with Crippen LogP contribution in [0.2, 0.25) is 0 Å². The highest BCUT2D eigenvalue weighted by Gasteiger charge is 2.38. The van der Waals surface area contributed by atoms with Crippen LogP contribution < -0.4 is 0 Å². The van der Waals surface area contributed by atoms with Gasteiger partial charge in [0, 0.05) is 0 Å². The lowest BCUT2D eigenvalue weighted by Gasteiger charge is -2.17. The van der Waals surface area contributed by atoms with Gasteiger partial charge in [-0.05, 0) is 30.5 Å². The topological polar surface area (TPSA) is 37.3 Å². The molecule has 2 heteroatoms. The smallest absolute Gasteiger partial charge is 0.317 e. The fourth-order valence-corrected chi connectivity index (χ4v) is 2.05. The lowest BCUT2D eigenvalue weighted by atomic mass is 9.85. The van der Waals surface area contributed by atoms with Gasteiger partial charge in [0.1, 0.15) is 5.41 Å². The molecule has 1 aromatic carbocycles. The standard InChI is InChI=1S/C12H12O2/c1-8-7-12(2,11(13)14)10-6-4-3-5-9(8)10/h3-7H,1-2H3,(H,13,14). The Morgan fingerprint density at radius 2 is 2.00 bits per heavy atom. The Kier molecular flexibility index (Phi) is 1.74. The SMILES string of the molecule is CC1=CC(C)(C(=O)O)c2ccccc21. The molecule has 1 atom stereocenters. The zero-order valence-electron chi connectivity index (χ0n) is 8.24. The van der Waals surface area contributed by atoms with Gasteiger partial charge in [0.2, 0.25) is 0 Å². The van der Waals surface area contributed by atoms with Gasteiger partial charge < -0.3 is 5.11 Å². The van der Waals surface area contributed by atoms with E-state index in [1.54, 1.807) is 6.92 Å². The molecule has 0 radical (unpaired) electrons. The molecule has 1 aliphatic carbocycles. The predicted octanol–water partition coefficient (Wildman–Crippen LogP) is 2.45. The van der Waals surface area contributed by atoms with Crippen molar-refractivity contribution in [3.63, 3.8) is 0 Å². The summed E-state index contributed by atoms with van der Waals surface area (Å²) in [7, 11) is 0. The maximum absolute atomic E-state index is 11.2. The fourth-order valence-electron chi connectivity index (χ4n) is 2.05. The second-order valence-electron chi connectivity index (χ2n) is 3.88. The Bertz CT molecular complexity index is 432. The quantitative estimate of drug-likeness (QED) is 0.735. The van der Waals surface area contributed by atoms with E-state index in [0.717, 1.165) is 16.7 Å². The molecule has 1 aliphatic rings. The summed E-state index contributed by atoms with van der Waals surface area (Å²) in [5, 5.41) is 9.19. The van der Waals surface area contributed by atoms with Crippen LogP contribution in [0.5, 0.6) is 0 Å². The highest BCUT2D eigenvalue weighted by Crippen LogP contribution is 2.40. The largest absolute Gasteiger partial charge is 0.480 e. The van der Waals surface area contributed by atoms with E-state index in [2.05, 4.69) is 0 Å². The minimum absolute atomic E-state index is 0.790. The van der Waals surface area contributed by atoms with E-state index in [-0.39, 0.29) is 0 Å². The van der Waals surface area contributed by atoms with E-state index in [1.807, 2.05) is 37.3 Å². The summed E-state index contributed by atoms with van der Waals surface area (Å²) in [4.78, 5) is 11.2. The van der Waals surface area contributed by atoms with E-state index in [4.69, 9.17) is 0 Å². The number of hydrogen-bond acceptors (Lipinski definition) is 1. The van der Waals surface area contributed by atoms with Crippen molar-refractivity contribution in [2.75, 3.05) is 0 Å². The Balaban J connectivity index is 2.68. The predicted molar refractivity (Wildman–Crippen MR) is 55.1 cm³/mol. The van der Waals surface area contributed by atoms with Crippen molar-refractivity contribution in [2.45, 2.75) is 19.3 Å². The first-order valence-electron chi connectivity index (χ1n) is 4.58. The second-order valence-corrected chi connectivity index (χ2v) is 3.88. The molecule has 0 spiro atoms. The van der Waals surface area contributed by atoms with Crippen molar-refractivity contribution in [1.82, 2.24) is 0 Å². The van der Waals surface area contributed by atoms with Gasteiger partial charge in [0.25, 0.3) is 0 Å². The Morgan fingerprint density at radius 3 is 2.64 bits per heavy atom. The highest BCUT2D eigenvalue weighted by molar-refractivity contribution is 5.92. The molecule has 0 heterocycles. The van der Waals surface area contributed by atoms with Crippen molar-refractivity contribution < 1.29 is 9.90 Å². The Hall–Kier alpha value is -1.57. The molecular weight excluding hydrogens is 176 g/mol. The van der Waals surface area contributed by atoms with Gasteiger partial charge in [-0.25, -0.2) is 0 Å². The van der Waals surface area contributed by atoms with Gasteiger partial charge in [0.15, 0.2) is 0 Å². The maximum atomic E-state index is 11.2. The molecule has 14 heavy (non-hydrogen) atoms. The molecular formula is C12H12O2. The first-order valence-corrected chi connectivity index (χ1v) is 4.58. The highest BCUT2D eigenvalue weighted by atomic mass is 16.4. The summed E-state index contributed by atoms with van der Waals surface area (Å²) in [5.74, 6) is -0.790. The molecule has 2 nitrogen and oxygen atoms in total. The van der Waals surface area contributed by atoms with Crippen LogP contribution in [0.15, 0.2) is 30.3 Å². The summed E-state index contributed by atoms with van der Waals surface area (Å²) >= 11 is 0. The number of hydrogen-bond donors (Lipinski definition) is 1. The number of allylic oxidation sites excluding steroid dienone is 1. The molecule has 1 aromatic rings. The number of carboxylic acid groups (broad SMARTS) is 1. The van der Waals surface area contributed by atoms with Crippen molar-refractivity contribution >= 4 is 11.5 Å². The van der Waals surface area contributed by atoms with Gasteiger partial charge in [0.05, 0.1) is 0 Å². The van der Waals surface area contributed by atoms with Crippen LogP contribution in [0.3, 0.4) is 0 Å². The zero-order valence-corrected chi connectivity index (χ0v) is 8.24. The van der Waals surface area contributed by atoms with Crippen LogP contribution in [0.25, 0.3) is 5.57 Å². The van der Waals surface area contributed by atoms with Crippen LogP contribution in [-0.4, -0.2) is 11.1 Å². The van der Waals surface area contributed by atoms with Gasteiger partial charge >= 0.3 is 5.97 Å². The van der Waals surface area contributed by atoms with Crippen molar-refractivity contribution in [2.24, 2.45) is 0 Å². The third-order valence-corrected chi connectivity index (χ3v) is 2.86. The average Bonchev–Trinajstić information content (AvgIpc) is 2.42. The summed E-state index contributed by atoms with van der Waals surface area (Å²) in [6.45, 7) is 3.69. The molecule has 0 bridgehead atoms. The van der Waals surface area contributed by atoms with Crippen LogP contribution in [-0.2, 0) is 10.2 Å². The third kappa shape index (κ3) is 1.00. The second kappa shape index (κ2) is 2.71. The summed E-state index contributed by atoms with van der Waals surface area (Å²) in [5.41, 5.74) is 2.15. The van der Waals surface area contributed by atoms with Crippen molar-refractivity contribution in [1.29, 1.82) is 0 Å². The average molecular weight is 188 g/mol. The monoisotopic (exact) mass is 188 g/mol. The van der Waals surface area contributed by atoms with Gasteiger partial charge in [-0.15, -0.1) is 0 Å². The number of benzene rings is 1. The van der Waals surface area contributed by atoms with E-state index in [9.17, 15) is 9.90 Å². The molecule has 72 valence electrons. The molecule has 1 unspecified atom stereocenters. The molecule has 0 fully saturated rings. The van der Waals surface area contributed by atoms with E-state index in [0.29, 0.717) is 0 Å². The number of carbonyl (C=O) groups is 1. The molecule has 0 saturated heterocycles. The van der Waals surface area contributed by atoms with Gasteiger partial charge in [-0.1, -0.05) is 30.3 Å². The van der Waals surface area contributed by atoms with E-state index < -0.39 is 11.4 Å². The molecule has 0 aromatic heterocycles. The van der Waals surface area contributed by atoms with Crippen LogP contribution >= 0.6 is 0 Å². The summed E-state index contributed by atoms with van der Waals surface area (Å²) < 4.78 is 0. The number of fused-ring (bicyclic) bond motifs is 1. The fraction of sp³-hybridized carbons (Fsp3) is 0.250. The zero-order chi connectivity index (χ0) is 10.3.